The third-order valence-electron chi connectivity index (χ3n) is 7.96. The Bertz CT molecular complexity index is 1580. The number of carbonyl (C=O) groups excluding carboxylic acids is 10. The molecule has 4 unspecified atom stereocenters. The van der Waals surface area contributed by atoms with Crippen molar-refractivity contribution in [2.45, 2.75) is 83.5 Å². The molecule has 0 radical (unpaired) electrons. The van der Waals surface area contributed by atoms with Gasteiger partial charge in [0.1, 0.15) is 0 Å². The summed E-state index contributed by atoms with van der Waals surface area (Å²) in [6.07, 6.45) is 0.924. The van der Waals surface area contributed by atoms with Crippen LogP contribution in [0.4, 0.5) is 0 Å². The molecule has 0 heterocycles. The average molecular weight is 931 g/mol. The zero-order valence-corrected chi connectivity index (χ0v) is 35.3. The van der Waals surface area contributed by atoms with Crippen LogP contribution in [0.15, 0.2) is 30.3 Å². The number of nitrogens with two attached hydrogens (primary N) is 2. The summed E-state index contributed by atoms with van der Waals surface area (Å²) in [6, 6.07) is 5.92. The van der Waals surface area contributed by atoms with Crippen LogP contribution >= 0.6 is 0 Å². The van der Waals surface area contributed by atoms with Crippen LogP contribution in [0.25, 0.3) is 0 Å². The molecular weight excluding hydrogens is 873 g/mol. The van der Waals surface area contributed by atoms with Gasteiger partial charge >= 0.3 is 187 Å². The minimum absolute atomic E-state index is 0.0432. The molecule has 13 N–H and O–H groups in total. The third kappa shape index (κ3) is 23.6. The van der Waals surface area contributed by atoms with Crippen molar-refractivity contribution in [2.75, 3.05) is 37.7 Å². The minimum atomic E-state index is -1.18. The third-order valence-corrected chi connectivity index (χ3v) is 9.34. The number of hydrogen-bond acceptors (Lipinski definition) is 11. The Morgan fingerprint density at radius 1 is 0.569 bits per heavy atom. The van der Waals surface area contributed by atoms with Gasteiger partial charge in [-0.05, 0) is 18.8 Å². The molecule has 22 heteroatoms. The molecular formula is C36H57IN11O10-. The van der Waals surface area contributed by atoms with Gasteiger partial charge in [0, 0.05) is 12.5 Å². The van der Waals surface area contributed by atoms with Crippen molar-refractivity contribution in [1.82, 2.24) is 46.1 Å². The van der Waals surface area contributed by atoms with Gasteiger partial charge in [-0.15, -0.1) is 0 Å². The number of alkyl halides is 1. The van der Waals surface area contributed by atoms with E-state index < -0.39 is 125 Å². The van der Waals surface area contributed by atoms with Crippen LogP contribution in [0.2, 0.25) is 0 Å². The molecule has 58 heavy (non-hydrogen) atoms. The van der Waals surface area contributed by atoms with Crippen molar-refractivity contribution in [3.63, 3.8) is 0 Å². The van der Waals surface area contributed by atoms with Crippen LogP contribution in [-0.2, 0) is 54.4 Å². The van der Waals surface area contributed by atoms with E-state index in [9.17, 15) is 47.9 Å². The molecule has 0 saturated heterocycles. The first kappa shape index (κ1) is 50.6. The number of nitrogens with one attached hydrogen (secondary N) is 9. The van der Waals surface area contributed by atoms with E-state index in [0.717, 1.165) is 5.56 Å². The number of hydrogen-bond donors (Lipinski definition) is 11. The molecule has 1 rings (SSSR count). The van der Waals surface area contributed by atoms with Gasteiger partial charge in [-0.2, -0.15) is 0 Å². The topological polar surface area (TPSA) is 331 Å². The van der Waals surface area contributed by atoms with Gasteiger partial charge in [0.15, 0.2) is 0 Å². The Kier molecular flexibility index (Phi) is 24.5. The van der Waals surface area contributed by atoms with E-state index >= 15 is 0 Å². The fraction of sp³-hybridized carbons (Fsp3) is 0.556. The van der Waals surface area contributed by atoms with Crippen molar-refractivity contribution in [1.29, 1.82) is 0 Å². The smallest absolute Gasteiger partial charge is 0.368 e. The van der Waals surface area contributed by atoms with Gasteiger partial charge < -0.3 is 32.3 Å². The zero-order chi connectivity index (χ0) is 43.6. The van der Waals surface area contributed by atoms with Crippen molar-refractivity contribution in [3.05, 3.63) is 35.9 Å². The summed E-state index contributed by atoms with van der Waals surface area (Å²) in [6.45, 7) is 2.88. The van der Waals surface area contributed by atoms with E-state index in [1.807, 2.05) is 49.1 Å². The van der Waals surface area contributed by atoms with Gasteiger partial charge in [-0.1, -0.05) is 13.8 Å². The van der Waals surface area contributed by atoms with Crippen LogP contribution < -0.4 is 79.0 Å². The van der Waals surface area contributed by atoms with Crippen LogP contribution in [0.1, 0.15) is 58.4 Å². The Morgan fingerprint density at radius 3 is 1.71 bits per heavy atom. The monoisotopic (exact) mass is 930 g/mol. The summed E-state index contributed by atoms with van der Waals surface area (Å²) >= 11 is -0.518. The first-order valence-electron chi connectivity index (χ1n) is 18.5. The number of primary amides is 2. The second-order valence-electron chi connectivity index (χ2n) is 13.6. The molecule has 0 aromatic heterocycles. The normalized spacial score (nSPS) is 12.8. The molecule has 10 amide bonds. The molecule has 0 aliphatic carbocycles. The van der Waals surface area contributed by atoms with Crippen molar-refractivity contribution in [2.24, 2.45) is 17.4 Å². The molecule has 1 aromatic carbocycles. The predicted molar refractivity (Wildman–Crippen MR) is 206 cm³/mol. The van der Waals surface area contributed by atoms with Crippen LogP contribution in [0.3, 0.4) is 0 Å². The van der Waals surface area contributed by atoms with Gasteiger partial charge in [-0.3, -0.25) is 28.8 Å². The summed E-state index contributed by atoms with van der Waals surface area (Å²) < 4.78 is 3.18. The molecule has 0 aliphatic heterocycles. The second-order valence-corrected chi connectivity index (χ2v) is 15.3. The molecule has 0 bridgehead atoms. The molecule has 0 fully saturated rings. The van der Waals surface area contributed by atoms with E-state index in [0.29, 0.717) is 19.3 Å². The summed E-state index contributed by atoms with van der Waals surface area (Å²) in [5.74, 6) is -6.25. The fourth-order valence-corrected chi connectivity index (χ4v) is 6.37. The molecule has 21 nitrogen and oxygen atoms in total. The summed E-state index contributed by atoms with van der Waals surface area (Å²) in [5.41, 5.74) is 11.2. The molecule has 4 atom stereocenters. The van der Waals surface area contributed by atoms with Gasteiger partial charge in [-0.25, -0.2) is 0 Å². The summed E-state index contributed by atoms with van der Waals surface area (Å²) in [5, 5.41) is 19.5. The number of benzene rings is 1. The standard InChI is InChI=1S/C36H57IN11O10/c1-21(2)14-24(10-13-29(51)40-16-28(39)50)46-33(55)19-42-30(52)17-41-31(53)18-43-34(56)22(3)45-32(54)20-44-35(57)25(11-12-27(38)49)47-36(58)26(48-37-4)15-23-8-6-5-7-9-23/h5-9,21-22,24-26,48H,10-20H2,1-4H3,(H2,38,49)(H2,39,50)(H,40,51)(H,41,53)(H,42,52)(H,43,56)(H,44,57)(H,45,54)(H,46,55)(H,47,58)/q-1. The first-order valence-corrected chi connectivity index (χ1v) is 21.7. The number of carbonyl (C=O) groups is 10. The van der Waals surface area contributed by atoms with E-state index in [2.05, 4.69) is 46.1 Å². The Balaban J connectivity index is 2.51. The number of amides is 10. The molecule has 324 valence electrons. The van der Waals surface area contributed by atoms with E-state index in [-0.39, 0.29) is 37.8 Å². The van der Waals surface area contributed by atoms with Crippen LogP contribution in [0.5, 0.6) is 0 Å². The van der Waals surface area contributed by atoms with Crippen molar-refractivity contribution >= 4 is 59.1 Å². The fourth-order valence-electron chi connectivity index (χ4n) is 5.12. The first-order chi connectivity index (χ1) is 27.4. The molecule has 1 aromatic rings. The predicted octanol–water partition coefficient (Wildman–Crippen LogP) is -7.55. The molecule has 0 spiro atoms. The van der Waals surface area contributed by atoms with Crippen LogP contribution in [-0.4, -0.2) is 121 Å². The minimum Gasteiger partial charge on any atom is -0.368 e. The van der Waals surface area contributed by atoms with E-state index in [4.69, 9.17) is 11.5 Å². The molecule has 0 saturated carbocycles. The van der Waals surface area contributed by atoms with Gasteiger partial charge in [0.2, 0.25) is 29.5 Å². The van der Waals surface area contributed by atoms with E-state index in [1.165, 1.54) is 6.92 Å². The Hall–Kier alpha value is -5.39. The van der Waals surface area contributed by atoms with E-state index in [1.54, 1.807) is 0 Å². The Labute approximate surface area is 347 Å². The average Bonchev–Trinajstić information content (AvgIpc) is 3.16. The van der Waals surface area contributed by atoms with Crippen molar-refractivity contribution < 1.29 is 69.4 Å². The quantitative estimate of drug-likeness (QED) is 0.0213. The van der Waals surface area contributed by atoms with Crippen molar-refractivity contribution in [3.8, 4) is 0 Å². The zero-order valence-electron chi connectivity index (χ0n) is 33.2. The molecule has 0 aliphatic rings. The SMILES string of the molecule is C[I-]NC(Cc1ccccc1)C(=O)NC(CCC(N)=O)C(=O)NCC(=O)NC(C)C(=O)NCC(=O)NCC(=O)NCC(=O)NC(CCC(=O)NCC(N)=O)CC(C)C. The second kappa shape index (κ2) is 28.1. The maximum atomic E-state index is 13.2. The number of halogens is 1. The number of rotatable bonds is 28. The summed E-state index contributed by atoms with van der Waals surface area (Å²) in [7, 11) is 0. The maximum absolute atomic E-state index is 13.2. The Morgan fingerprint density at radius 2 is 1.12 bits per heavy atom. The summed E-state index contributed by atoms with van der Waals surface area (Å²) in [4.78, 5) is 124. The van der Waals surface area contributed by atoms with Crippen LogP contribution in [0, 0.1) is 5.92 Å². The van der Waals surface area contributed by atoms with Gasteiger partial charge in [0.05, 0.1) is 26.2 Å². The van der Waals surface area contributed by atoms with Gasteiger partial charge in [0.25, 0.3) is 0 Å².